The molecule has 0 heterocycles. The summed E-state index contributed by atoms with van der Waals surface area (Å²) in [6.07, 6.45) is 0.103. The number of nitrogens with one attached hydrogen (secondary N) is 2. The Morgan fingerprint density at radius 1 is 1.44 bits per heavy atom. The summed E-state index contributed by atoms with van der Waals surface area (Å²) < 4.78 is 0. The third-order valence-electron chi connectivity index (χ3n) is 1.36. The predicted octanol–water partition coefficient (Wildman–Crippen LogP) is -1.52. The summed E-state index contributed by atoms with van der Waals surface area (Å²) in [5.74, 6) is -1.53. The van der Waals surface area contributed by atoms with Crippen LogP contribution < -0.4 is 16.5 Å². The van der Waals surface area contributed by atoms with E-state index in [0.717, 1.165) is 0 Å². The molecule has 92 valence electrons. The summed E-state index contributed by atoms with van der Waals surface area (Å²) in [6.45, 7) is 5.27. The van der Waals surface area contributed by atoms with Crippen molar-refractivity contribution in [2.45, 2.75) is 32.4 Å². The molecule has 0 bridgehead atoms. The van der Waals surface area contributed by atoms with Crippen LogP contribution in [0, 0.1) is 0 Å². The monoisotopic (exact) mass is 231 g/mol. The van der Waals surface area contributed by atoms with E-state index in [-0.39, 0.29) is 18.4 Å². The van der Waals surface area contributed by atoms with Crippen molar-refractivity contribution >= 4 is 18.2 Å². The number of nitrogens with two attached hydrogens (primary N) is 1. The van der Waals surface area contributed by atoms with E-state index in [4.69, 9.17) is 5.73 Å². The van der Waals surface area contributed by atoms with Crippen molar-refractivity contribution < 1.29 is 19.2 Å². The highest BCUT2D eigenvalue weighted by Crippen LogP contribution is 1.98. The summed E-state index contributed by atoms with van der Waals surface area (Å²) in [5, 5.41) is 2.15. The second kappa shape index (κ2) is 6.19. The van der Waals surface area contributed by atoms with E-state index in [1.807, 2.05) is 0 Å². The van der Waals surface area contributed by atoms with Crippen molar-refractivity contribution in [1.82, 2.24) is 10.8 Å². The van der Waals surface area contributed by atoms with Crippen LogP contribution in [0.3, 0.4) is 0 Å². The predicted molar refractivity (Wildman–Crippen MR) is 56.0 cm³/mol. The summed E-state index contributed by atoms with van der Waals surface area (Å²) in [4.78, 5) is 36.4. The van der Waals surface area contributed by atoms with E-state index in [9.17, 15) is 14.4 Å². The molecule has 0 aliphatic carbocycles. The lowest BCUT2D eigenvalue weighted by molar-refractivity contribution is -0.156. The zero-order valence-electron chi connectivity index (χ0n) is 9.57. The van der Waals surface area contributed by atoms with Crippen molar-refractivity contribution in [1.29, 1.82) is 0 Å². The molecule has 1 atom stereocenters. The Balaban J connectivity index is 3.91. The van der Waals surface area contributed by atoms with E-state index >= 15 is 0 Å². The number of aldehydes is 1. The molecule has 16 heavy (non-hydrogen) atoms. The quantitative estimate of drug-likeness (QED) is 0.301. The fraction of sp³-hybridized carbons (Fsp3) is 0.667. The fourth-order valence-corrected chi connectivity index (χ4v) is 0.615. The van der Waals surface area contributed by atoms with Crippen LogP contribution in [0.25, 0.3) is 0 Å². The molecule has 0 spiro atoms. The van der Waals surface area contributed by atoms with Crippen LogP contribution in [-0.2, 0) is 19.2 Å². The van der Waals surface area contributed by atoms with Crippen LogP contribution in [0.1, 0.15) is 20.8 Å². The minimum absolute atomic E-state index is 0.103. The number of hydroxylamine groups is 1. The maximum atomic E-state index is 11.2. The highest BCUT2D eigenvalue weighted by Gasteiger charge is 2.19. The van der Waals surface area contributed by atoms with Gasteiger partial charge in [-0.1, -0.05) is 0 Å². The van der Waals surface area contributed by atoms with Gasteiger partial charge in [-0.2, -0.15) is 0 Å². The molecule has 0 rings (SSSR count). The van der Waals surface area contributed by atoms with Crippen LogP contribution in [-0.4, -0.2) is 36.3 Å². The van der Waals surface area contributed by atoms with Gasteiger partial charge in [-0.15, -0.1) is 5.48 Å². The molecule has 0 aromatic heterocycles. The second-order valence-electron chi connectivity index (χ2n) is 4.24. The molecule has 1 unspecified atom stereocenters. The van der Waals surface area contributed by atoms with Crippen LogP contribution in [0.4, 0.5) is 0 Å². The molecule has 4 N–H and O–H groups in total. The van der Waals surface area contributed by atoms with Crippen LogP contribution in [0.15, 0.2) is 0 Å². The van der Waals surface area contributed by atoms with Gasteiger partial charge in [-0.05, 0) is 20.8 Å². The number of hydrogen-bond donors (Lipinski definition) is 3. The third kappa shape index (κ3) is 6.91. The van der Waals surface area contributed by atoms with Crippen molar-refractivity contribution in [2.24, 2.45) is 5.73 Å². The minimum Gasteiger partial charge on any atom is -0.369 e. The lowest BCUT2D eigenvalue weighted by atomic mass is 10.1. The number of hydrogen-bond acceptors (Lipinski definition) is 6. The van der Waals surface area contributed by atoms with Gasteiger partial charge in [0.15, 0.2) is 0 Å². The maximum absolute atomic E-state index is 11.2. The largest absolute Gasteiger partial charge is 0.369 e. The Bertz CT molecular complexity index is 272. The average molecular weight is 231 g/mol. The topological polar surface area (TPSA) is 111 Å². The summed E-state index contributed by atoms with van der Waals surface area (Å²) in [6, 6.07) is -1.02. The molecule has 0 aliphatic heterocycles. The van der Waals surface area contributed by atoms with Crippen molar-refractivity contribution in [3.8, 4) is 0 Å². The molecular weight excluding hydrogens is 214 g/mol. The lowest BCUT2D eigenvalue weighted by Gasteiger charge is -2.20. The van der Waals surface area contributed by atoms with Crippen molar-refractivity contribution in [3.05, 3.63) is 0 Å². The molecule has 0 saturated carbocycles. The van der Waals surface area contributed by atoms with Crippen LogP contribution >= 0.6 is 0 Å². The standard InChI is InChI=1S/C9H17N3O4/c1-9(2,3)12-16-8(15)6(10)4-11-7(14)5-13/h5-6,12H,4,10H2,1-3H3,(H,11,14). The normalized spacial score (nSPS) is 12.8. The van der Waals surface area contributed by atoms with Gasteiger partial charge >= 0.3 is 5.97 Å². The molecule has 1 amide bonds. The first kappa shape index (κ1) is 14.5. The van der Waals surface area contributed by atoms with Gasteiger partial charge in [0.05, 0.1) is 0 Å². The average Bonchev–Trinajstić information content (AvgIpc) is 2.20. The van der Waals surface area contributed by atoms with Crippen molar-refractivity contribution in [3.63, 3.8) is 0 Å². The van der Waals surface area contributed by atoms with E-state index in [1.165, 1.54) is 0 Å². The minimum atomic E-state index is -1.02. The van der Waals surface area contributed by atoms with Gasteiger partial charge in [0.2, 0.25) is 6.29 Å². The first-order valence-corrected chi connectivity index (χ1v) is 4.72. The molecule has 0 saturated heterocycles. The number of amides is 1. The zero-order valence-corrected chi connectivity index (χ0v) is 9.57. The van der Waals surface area contributed by atoms with E-state index in [0.29, 0.717) is 0 Å². The summed E-state index contributed by atoms with van der Waals surface area (Å²) in [7, 11) is 0. The first-order valence-electron chi connectivity index (χ1n) is 4.72. The summed E-state index contributed by atoms with van der Waals surface area (Å²) in [5.41, 5.74) is 7.51. The zero-order chi connectivity index (χ0) is 12.8. The van der Waals surface area contributed by atoms with Crippen LogP contribution in [0.2, 0.25) is 0 Å². The Morgan fingerprint density at radius 2 is 2.00 bits per heavy atom. The molecule has 0 aliphatic rings. The Labute approximate surface area is 93.7 Å². The molecule has 0 aromatic rings. The number of rotatable bonds is 5. The fourth-order valence-electron chi connectivity index (χ4n) is 0.615. The van der Waals surface area contributed by atoms with Gasteiger partial charge in [0.1, 0.15) is 6.04 Å². The molecule has 7 nitrogen and oxygen atoms in total. The van der Waals surface area contributed by atoms with Gasteiger partial charge in [-0.25, -0.2) is 4.79 Å². The second-order valence-corrected chi connectivity index (χ2v) is 4.24. The van der Waals surface area contributed by atoms with E-state index < -0.39 is 17.9 Å². The lowest BCUT2D eigenvalue weighted by Crippen LogP contribution is -2.47. The molecule has 0 aromatic carbocycles. The maximum Gasteiger partial charge on any atom is 0.343 e. The Hall–Kier alpha value is -1.47. The third-order valence-corrected chi connectivity index (χ3v) is 1.36. The van der Waals surface area contributed by atoms with E-state index in [2.05, 4.69) is 15.6 Å². The molecule has 0 fully saturated rings. The molecular formula is C9H17N3O4. The molecule has 0 radical (unpaired) electrons. The van der Waals surface area contributed by atoms with Gasteiger partial charge < -0.3 is 15.9 Å². The number of carbonyl (C=O) groups excluding carboxylic acids is 3. The highest BCUT2D eigenvalue weighted by molar-refractivity contribution is 6.23. The molecule has 7 heteroatoms. The summed E-state index contributed by atoms with van der Waals surface area (Å²) >= 11 is 0. The SMILES string of the molecule is CC(C)(C)NOC(=O)C(N)CNC(=O)C=O. The Morgan fingerprint density at radius 3 is 2.44 bits per heavy atom. The van der Waals surface area contributed by atoms with Gasteiger partial charge in [-0.3, -0.25) is 9.59 Å². The first-order chi connectivity index (χ1) is 7.26. The Kier molecular flexibility index (Phi) is 5.62. The smallest absolute Gasteiger partial charge is 0.343 e. The highest BCUT2D eigenvalue weighted by atomic mass is 16.7. The van der Waals surface area contributed by atoms with E-state index in [1.54, 1.807) is 20.8 Å². The van der Waals surface area contributed by atoms with Crippen LogP contribution in [0.5, 0.6) is 0 Å². The van der Waals surface area contributed by atoms with Gasteiger partial charge in [0.25, 0.3) is 5.91 Å². The van der Waals surface area contributed by atoms with Crippen molar-refractivity contribution in [2.75, 3.05) is 6.54 Å². The van der Waals surface area contributed by atoms with Gasteiger partial charge in [0, 0.05) is 12.1 Å². The number of carbonyl (C=O) groups is 3.